The molecule has 0 radical (unpaired) electrons. The predicted molar refractivity (Wildman–Crippen MR) is 104 cm³/mol. The predicted octanol–water partition coefficient (Wildman–Crippen LogP) is 4.42. The van der Waals surface area contributed by atoms with E-state index in [1.807, 2.05) is 30.3 Å². The average Bonchev–Trinajstić information content (AvgIpc) is 3.32. The normalized spacial score (nSPS) is 10.7. The number of H-pyrrole nitrogens is 2. The minimum Gasteiger partial charge on any atom is -0.288 e. The molecule has 0 fully saturated rings. The van der Waals surface area contributed by atoms with E-state index in [1.165, 1.54) is 0 Å². The van der Waals surface area contributed by atoms with Crippen molar-refractivity contribution in [1.29, 1.82) is 0 Å². The fourth-order valence-corrected chi connectivity index (χ4v) is 2.96. The number of amides is 1. The first kappa shape index (κ1) is 17.3. The largest absolute Gasteiger partial charge is 0.288 e. The molecule has 4 rings (SSSR count). The van der Waals surface area contributed by atoms with Crippen molar-refractivity contribution in [3.8, 4) is 22.6 Å². The Bertz CT molecular complexity index is 1120. The number of aromatic amines is 2. The van der Waals surface area contributed by atoms with Gasteiger partial charge in [0.05, 0.1) is 15.7 Å². The van der Waals surface area contributed by atoms with E-state index in [0.29, 0.717) is 27.1 Å². The topological polar surface area (TPSA) is 99.3 Å². The van der Waals surface area contributed by atoms with E-state index < -0.39 is 5.91 Å². The molecular weight excluding hydrogens is 387 g/mol. The van der Waals surface area contributed by atoms with E-state index in [1.54, 1.807) is 24.3 Å². The van der Waals surface area contributed by atoms with Gasteiger partial charge in [0, 0.05) is 11.1 Å². The standard InChI is InChI=1S/C18H12Cl2N6O/c19-12-7-3-1-5-10(12)14-9-15(24-23-14)17(27)22-18-21-16(25-26-18)11-6-2-4-8-13(11)20/h1-9H,(H,23,24)(H2,21,22,25,26,27). The van der Waals surface area contributed by atoms with Crippen molar-refractivity contribution in [3.63, 3.8) is 0 Å². The summed E-state index contributed by atoms with van der Waals surface area (Å²) >= 11 is 12.3. The summed E-state index contributed by atoms with van der Waals surface area (Å²) < 4.78 is 0. The van der Waals surface area contributed by atoms with Crippen molar-refractivity contribution in [2.45, 2.75) is 0 Å². The minimum absolute atomic E-state index is 0.129. The lowest BCUT2D eigenvalue weighted by Crippen LogP contribution is -2.13. The number of benzene rings is 2. The first-order valence-corrected chi connectivity index (χ1v) is 8.66. The van der Waals surface area contributed by atoms with Gasteiger partial charge in [-0.15, -0.1) is 5.10 Å². The SMILES string of the molecule is O=C(Nc1n[nH]c(-c2ccccc2Cl)n1)c1cc(-c2ccccc2Cl)n[nH]1. The number of nitrogens with one attached hydrogen (secondary N) is 3. The van der Waals surface area contributed by atoms with Gasteiger partial charge in [-0.25, -0.2) is 0 Å². The van der Waals surface area contributed by atoms with Crippen LogP contribution < -0.4 is 5.32 Å². The van der Waals surface area contributed by atoms with Gasteiger partial charge in [-0.1, -0.05) is 53.5 Å². The van der Waals surface area contributed by atoms with E-state index in [-0.39, 0.29) is 11.6 Å². The first-order chi connectivity index (χ1) is 13.1. The third-order valence-corrected chi connectivity index (χ3v) is 4.47. The summed E-state index contributed by atoms with van der Waals surface area (Å²) in [6, 6.07) is 16.1. The maximum absolute atomic E-state index is 12.4. The number of hydrogen-bond donors (Lipinski definition) is 3. The molecule has 0 aliphatic carbocycles. The molecule has 0 bridgehead atoms. The van der Waals surface area contributed by atoms with Crippen LogP contribution in [0.5, 0.6) is 0 Å². The van der Waals surface area contributed by atoms with E-state index in [0.717, 1.165) is 5.56 Å². The molecule has 7 nitrogen and oxygen atoms in total. The maximum atomic E-state index is 12.4. The Kier molecular flexibility index (Phi) is 4.62. The molecule has 3 N–H and O–H groups in total. The molecule has 1 amide bonds. The smallest absolute Gasteiger partial charge is 0.276 e. The molecule has 134 valence electrons. The van der Waals surface area contributed by atoms with Gasteiger partial charge in [0.25, 0.3) is 5.91 Å². The van der Waals surface area contributed by atoms with Gasteiger partial charge < -0.3 is 0 Å². The van der Waals surface area contributed by atoms with Gasteiger partial charge in [-0.2, -0.15) is 10.1 Å². The molecule has 0 saturated carbocycles. The van der Waals surface area contributed by atoms with Crippen LogP contribution in [0.1, 0.15) is 10.5 Å². The fraction of sp³-hybridized carbons (Fsp3) is 0. The second-order valence-electron chi connectivity index (χ2n) is 5.59. The Hall–Kier alpha value is -3.16. The Morgan fingerprint density at radius 1 is 0.889 bits per heavy atom. The number of rotatable bonds is 4. The van der Waals surface area contributed by atoms with Crippen LogP contribution in [0.3, 0.4) is 0 Å². The van der Waals surface area contributed by atoms with Crippen LogP contribution in [-0.4, -0.2) is 31.3 Å². The highest BCUT2D eigenvalue weighted by atomic mass is 35.5. The second-order valence-corrected chi connectivity index (χ2v) is 6.40. The summed E-state index contributed by atoms with van der Waals surface area (Å²) in [6.45, 7) is 0. The summed E-state index contributed by atoms with van der Waals surface area (Å²) in [5, 5.41) is 17.3. The lowest BCUT2D eigenvalue weighted by Gasteiger charge is -1.99. The molecule has 0 aliphatic heterocycles. The van der Waals surface area contributed by atoms with Crippen molar-refractivity contribution in [2.24, 2.45) is 0 Å². The summed E-state index contributed by atoms with van der Waals surface area (Å²) in [4.78, 5) is 16.7. The maximum Gasteiger partial charge on any atom is 0.276 e. The van der Waals surface area contributed by atoms with Crippen LogP contribution in [0, 0.1) is 0 Å². The molecule has 0 saturated heterocycles. The van der Waals surface area contributed by atoms with Crippen LogP contribution in [0.15, 0.2) is 54.6 Å². The second kappa shape index (κ2) is 7.22. The zero-order valence-electron chi connectivity index (χ0n) is 13.7. The number of nitrogens with zero attached hydrogens (tertiary/aromatic N) is 3. The zero-order chi connectivity index (χ0) is 18.8. The molecule has 2 aromatic heterocycles. The van der Waals surface area contributed by atoms with E-state index >= 15 is 0 Å². The number of carbonyl (C=O) groups is 1. The van der Waals surface area contributed by atoms with Gasteiger partial charge in [-0.3, -0.25) is 20.3 Å². The van der Waals surface area contributed by atoms with Crippen LogP contribution in [-0.2, 0) is 0 Å². The third-order valence-electron chi connectivity index (χ3n) is 3.81. The Morgan fingerprint density at radius 2 is 1.56 bits per heavy atom. The summed E-state index contributed by atoms with van der Waals surface area (Å²) in [7, 11) is 0. The number of halogens is 2. The van der Waals surface area contributed by atoms with E-state index in [2.05, 4.69) is 30.7 Å². The quantitative estimate of drug-likeness (QED) is 0.473. The number of anilines is 1. The van der Waals surface area contributed by atoms with Gasteiger partial charge in [0.15, 0.2) is 5.82 Å². The number of aromatic nitrogens is 5. The monoisotopic (exact) mass is 398 g/mol. The highest BCUT2D eigenvalue weighted by Gasteiger charge is 2.15. The van der Waals surface area contributed by atoms with Crippen molar-refractivity contribution < 1.29 is 4.79 Å². The van der Waals surface area contributed by atoms with Crippen LogP contribution >= 0.6 is 23.2 Å². The van der Waals surface area contributed by atoms with Gasteiger partial charge in [0.1, 0.15) is 5.69 Å². The summed E-state index contributed by atoms with van der Waals surface area (Å²) in [6.07, 6.45) is 0. The van der Waals surface area contributed by atoms with Gasteiger partial charge >= 0.3 is 0 Å². The molecule has 0 unspecified atom stereocenters. The molecule has 0 aliphatic rings. The average molecular weight is 399 g/mol. The van der Waals surface area contributed by atoms with Gasteiger partial charge in [-0.05, 0) is 24.3 Å². The number of carbonyl (C=O) groups excluding carboxylic acids is 1. The van der Waals surface area contributed by atoms with Crippen molar-refractivity contribution in [2.75, 3.05) is 5.32 Å². The Balaban J connectivity index is 1.52. The third kappa shape index (κ3) is 3.55. The molecule has 0 atom stereocenters. The molecular formula is C18H12Cl2N6O. The molecule has 2 aromatic carbocycles. The first-order valence-electron chi connectivity index (χ1n) is 7.91. The van der Waals surface area contributed by atoms with Crippen LogP contribution in [0.2, 0.25) is 10.0 Å². The molecule has 9 heteroatoms. The van der Waals surface area contributed by atoms with E-state index in [9.17, 15) is 4.79 Å². The van der Waals surface area contributed by atoms with Gasteiger partial charge in [0.2, 0.25) is 5.95 Å². The van der Waals surface area contributed by atoms with E-state index in [4.69, 9.17) is 23.2 Å². The van der Waals surface area contributed by atoms with Crippen molar-refractivity contribution in [3.05, 3.63) is 70.3 Å². The summed E-state index contributed by atoms with van der Waals surface area (Å²) in [5.74, 6) is 0.159. The molecule has 27 heavy (non-hydrogen) atoms. The highest BCUT2D eigenvalue weighted by molar-refractivity contribution is 6.33. The Labute approximate surface area is 163 Å². The molecule has 2 heterocycles. The van der Waals surface area contributed by atoms with Crippen molar-refractivity contribution in [1.82, 2.24) is 25.4 Å². The van der Waals surface area contributed by atoms with Crippen molar-refractivity contribution >= 4 is 35.1 Å². The number of hydrogen-bond acceptors (Lipinski definition) is 4. The van der Waals surface area contributed by atoms with Crippen LogP contribution in [0.4, 0.5) is 5.95 Å². The zero-order valence-corrected chi connectivity index (χ0v) is 15.2. The minimum atomic E-state index is -0.425. The van der Waals surface area contributed by atoms with Crippen LogP contribution in [0.25, 0.3) is 22.6 Å². The lowest BCUT2D eigenvalue weighted by molar-refractivity contribution is 0.102. The molecule has 0 spiro atoms. The molecule has 4 aromatic rings. The highest BCUT2D eigenvalue weighted by Crippen LogP contribution is 2.27. The lowest BCUT2D eigenvalue weighted by atomic mass is 10.1. The summed E-state index contributed by atoms with van der Waals surface area (Å²) in [5.41, 5.74) is 2.24. The fourth-order valence-electron chi connectivity index (χ4n) is 2.51. The Morgan fingerprint density at radius 3 is 2.26 bits per heavy atom.